The van der Waals surface area contributed by atoms with Crippen LogP contribution in [0.25, 0.3) is 0 Å². The molecule has 1 N–H and O–H groups in total. The molecule has 0 unspecified atom stereocenters. The molecule has 0 saturated heterocycles. The number of nitrogens with zero attached hydrogens (tertiary/aromatic N) is 3. The van der Waals surface area contributed by atoms with Gasteiger partial charge in [-0.05, 0) is 12.8 Å². The minimum atomic E-state index is -0.0729. The van der Waals surface area contributed by atoms with E-state index < -0.39 is 0 Å². The predicted octanol–water partition coefficient (Wildman–Crippen LogP) is 0.862. The maximum Gasteiger partial charge on any atom is 0.293 e. The summed E-state index contributed by atoms with van der Waals surface area (Å²) in [4.78, 5) is 18.1. The van der Waals surface area contributed by atoms with E-state index in [4.69, 9.17) is 5.11 Å². The summed E-state index contributed by atoms with van der Waals surface area (Å²) in [7, 11) is 0. The molecular weight excluding hydrogens is 218 g/mol. The van der Waals surface area contributed by atoms with E-state index in [1.165, 1.54) is 0 Å². The van der Waals surface area contributed by atoms with Crippen molar-refractivity contribution in [1.29, 1.82) is 0 Å². The summed E-state index contributed by atoms with van der Waals surface area (Å²) in [5, 5.41) is 9.01. The minimum absolute atomic E-state index is 0.0315. The highest BCUT2D eigenvalue weighted by Crippen LogP contribution is 2.04. The van der Waals surface area contributed by atoms with E-state index in [-0.39, 0.29) is 12.2 Å². The Morgan fingerprint density at radius 2 is 2.12 bits per heavy atom. The molecule has 0 aliphatic heterocycles. The van der Waals surface area contributed by atoms with E-state index in [9.17, 15) is 4.79 Å². The van der Waals surface area contributed by atoms with Crippen molar-refractivity contribution in [2.24, 2.45) is 0 Å². The molecule has 0 bridgehead atoms. The lowest BCUT2D eigenvalue weighted by molar-refractivity contribution is 0.301. The Kier molecular flexibility index (Phi) is 5.69. The van der Waals surface area contributed by atoms with Crippen molar-refractivity contribution < 1.29 is 5.11 Å². The lowest BCUT2D eigenvalue weighted by Crippen LogP contribution is -2.35. The zero-order valence-electron chi connectivity index (χ0n) is 10.6. The highest BCUT2D eigenvalue weighted by molar-refractivity contribution is 5.35. The van der Waals surface area contributed by atoms with Crippen LogP contribution in [0.3, 0.4) is 0 Å². The van der Waals surface area contributed by atoms with E-state index in [0.717, 1.165) is 19.4 Å². The first kappa shape index (κ1) is 13.7. The highest BCUT2D eigenvalue weighted by atomic mass is 16.3. The van der Waals surface area contributed by atoms with Crippen LogP contribution in [0, 0.1) is 0 Å². The zero-order chi connectivity index (χ0) is 12.7. The Morgan fingerprint density at radius 1 is 1.35 bits per heavy atom. The van der Waals surface area contributed by atoms with Crippen LogP contribution in [0.1, 0.15) is 26.7 Å². The molecule has 0 spiro atoms. The number of hydrogen-bond acceptors (Lipinski definition) is 4. The molecule has 0 amide bonds. The van der Waals surface area contributed by atoms with E-state index in [1.54, 1.807) is 17.0 Å². The second kappa shape index (κ2) is 7.06. The third-order valence-electron chi connectivity index (χ3n) is 2.52. The van der Waals surface area contributed by atoms with Gasteiger partial charge in [-0.15, -0.1) is 0 Å². The monoisotopic (exact) mass is 239 g/mol. The van der Waals surface area contributed by atoms with Gasteiger partial charge in [-0.3, -0.25) is 4.79 Å². The number of aliphatic hydroxyl groups excluding tert-OH is 1. The molecule has 0 fully saturated rings. The van der Waals surface area contributed by atoms with Gasteiger partial charge in [-0.2, -0.15) is 0 Å². The van der Waals surface area contributed by atoms with Gasteiger partial charge >= 0.3 is 0 Å². The number of aryl methyl sites for hydroxylation is 1. The second-order valence-corrected chi connectivity index (χ2v) is 3.96. The van der Waals surface area contributed by atoms with Crippen LogP contribution in [0.4, 0.5) is 5.82 Å². The molecule has 0 aromatic carbocycles. The summed E-state index contributed by atoms with van der Waals surface area (Å²) < 4.78 is 1.67. The van der Waals surface area contributed by atoms with Gasteiger partial charge in [0.1, 0.15) is 0 Å². The van der Waals surface area contributed by atoms with Crippen molar-refractivity contribution in [3.63, 3.8) is 0 Å². The molecule has 0 radical (unpaired) electrons. The molecule has 5 heteroatoms. The largest absolute Gasteiger partial charge is 0.395 e. The van der Waals surface area contributed by atoms with E-state index >= 15 is 0 Å². The number of aromatic nitrogens is 2. The number of hydrogen-bond donors (Lipinski definition) is 1. The van der Waals surface area contributed by atoms with Gasteiger partial charge in [0.15, 0.2) is 5.82 Å². The van der Waals surface area contributed by atoms with Crippen LogP contribution in [0.2, 0.25) is 0 Å². The zero-order valence-corrected chi connectivity index (χ0v) is 10.6. The van der Waals surface area contributed by atoms with Crippen LogP contribution in [0.5, 0.6) is 0 Å². The topological polar surface area (TPSA) is 58.4 Å². The summed E-state index contributed by atoms with van der Waals surface area (Å²) in [6.07, 6.45) is 5.19. The van der Waals surface area contributed by atoms with Crippen molar-refractivity contribution in [2.45, 2.75) is 33.2 Å². The maximum absolute atomic E-state index is 12.1. The van der Waals surface area contributed by atoms with Crippen molar-refractivity contribution in [3.8, 4) is 0 Å². The summed E-state index contributed by atoms with van der Waals surface area (Å²) in [6.45, 7) is 5.99. The molecule has 0 atom stereocenters. The fraction of sp³-hybridized carbons (Fsp3) is 0.667. The van der Waals surface area contributed by atoms with Crippen molar-refractivity contribution in [1.82, 2.24) is 9.55 Å². The van der Waals surface area contributed by atoms with Crippen LogP contribution in [0.15, 0.2) is 17.2 Å². The molecular formula is C12H21N3O2. The molecule has 0 aliphatic carbocycles. The lowest BCUT2D eigenvalue weighted by atomic mass is 10.4. The van der Waals surface area contributed by atoms with Gasteiger partial charge < -0.3 is 14.6 Å². The number of aliphatic hydroxyl groups is 1. The van der Waals surface area contributed by atoms with E-state index in [0.29, 0.717) is 18.9 Å². The van der Waals surface area contributed by atoms with Gasteiger partial charge in [-0.1, -0.05) is 13.8 Å². The summed E-state index contributed by atoms with van der Waals surface area (Å²) in [6, 6.07) is 0. The van der Waals surface area contributed by atoms with Gasteiger partial charge in [0.25, 0.3) is 5.56 Å². The van der Waals surface area contributed by atoms with Crippen molar-refractivity contribution in [2.75, 3.05) is 24.6 Å². The first-order valence-corrected chi connectivity index (χ1v) is 6.15. The third kappa shape index (κ3) is 3.56. The Hall–Kier alpha value is -1.36. The fourth-order valence-corrected chi connectivity index (χ4v) is 1.78. The third-order valence-corrected chi connectivity index (χ3v) is 2.52. The van der Waals surface area contributed by atoms with Crippen LogP contribution in [-0.2, 0) is 6.54 Å². The Bertz CT molecular complexity index is 384. The fourth-order valence-electron chi connectivity index (χ4n) is 1.78. The predicted molar refractivity (Wildman–Crippen MR) is 68.4 cm³/mol. The van der Waals surface area contributed by atoms with Gasteiger partial charge in [0.05, 0.1) is 6.61 Å². The van der Waals surface area contributed by atoms with E-state index in [2.05, 4.69) is 4.98 Å². The molecule has 1 heterocycles. The molecule has 5 nitrogen and oxygen atoms in total. The normalized spacial score (nSPS) is 10.5. The van der Waals surface area contributed by atoms with E-state index in [1.807, 2.05) is 18.7 Å². The quantitative estimate of drug-likeness (QED) is 0.767. The smallest absolute Gasteiger partial charge is 0.293 e. The maximum atomic E-state index is 12.1. The summed E-state index contributed by atoms with van der Waals surface area (Å²) in [5.41, 5.74) is -0.0729. The average molecular weight is 239 g/mol. The Labute approximate surface area is 102 Å². The molecule has 1 aromatic heterocycles. The van der Waals surface area contributed by atoms with Gasteiger partial charge in [0.2, 0.25) is 0 Å². The summed E-state index contributed by atoms with van der Waals surface area (Å²) in [5.74, 6) is 0.442. The Morgan fingerprint density at radius 3 is 2.71 bits per heavy atom. The molecule has 0 saturated carbocycles. The van der Waals surface area contributed by atoms with Gasteiger partial charge in [0, 0.05) is 32.0 Å². The van der Waals surface area contributed by atoms with Crippen LogP contribution in [-0.4, -0.2) is 34.4 Å². The second-order valence-electron chi connectivity index (χ2n) is 3.96. The SMILES string of the molecule is CCCN(CCO)c1nccn(CCC)c1=O. The van der Waals surface area contributed by atoms with Crippen molar-refractivity contribution in [3.05, 3.63) is 22.7 Å². The summed E-state index contributed by atoms with van der Waals surface area (Å²) >= 11 is 0. The number of rotatable bonds is 7. The molecule has 17 heavy (non-hydrogen) atoms. The highest BCUT2D eigenvalue weighted by Gasteiger charge is 2.12. The Balaban J connectivity index is 3.01. The van der Waals surface area contributed by atoms with Crippen LogP contribution < -0.4 is 10.5 Å². The molecule has 96 valence electrons. The minimum Gasteiger partial charge on any atom is -0.395 e. The molecule has 0 aliphatic rings. The first-order valence-electron chi connectivity index (χ1n) is 6.15. The first-order chi connectivity index (χ1) is 8.24. The van der Waals surface area contributed by atoms with Crippen LogP contribution >= 0.6 is 0 Å². The van der Waals surface area contributed by atoms with Crippen molar-refractivity contribution >= 4 is 5.82 Å². The van der Waals surface area contributed by atoms with Gasteiger partial charge in [-0.25, -0.2) is 4.98 Å². The average Bonchev–Trinajstić information content (AvgIpc) is 2.32. The number of anilines is 1. The standard InChI is InChI=1S/C12H21N3O2/c1-3-6-14(9-10-16)11-12(17)15(7-4-2)8-5-13-11/h5,8,16H,3-4,6-7,9-10H2,1-2H3. The lowest BCUT2D eigenvalue weighted by Gasteiger charge is -2.21. The molecule has 1 aromatic rings. The molecule has 1 rings (SSSR count).